The third-order valence-electron chi connectivity index (χ3n) is 3.74. The van der Waals surface area contributed by atoms with Crippen molar-refractivity contribution in [3.8, 4) is 0 Å². The Bertz CT molecular complexity index is 388. The van der Waals surface area contributed by atoms with Crippen molar-refractivity contribution in [1.29, 1.82) is 0 Å². The quantitative estimate of drug-likeness (QED) is 0.819. The van der Waals surface area contributed by atoms with Crippen molar-refractivity contribution in [2.24, 2.45) is 11.8 Å². The smallest absolute Gasteiger partial charge is 0.0396 e. The summed E-state index contributed by atoms with van der Waals surface area (Å²) in [5.74, 6) is 1.41. The second-order valence-corrected chi connectivity index (χ2v) is 6.06. The van der Waals surface area contributed by atoms with Crippen LogP contribution in [0.4, 0.5) is 5.69 Å². The fourth-order valence-electron chi connectivity index (χ4n) is 2.89. The highest BCUT2D eigenvalue weighted by Gasteiger charge is 2.18. The van der Waals surface area contributed by atoms with Gasteiger partial charge in [-0.05, 0) is 50.4 Å². The first-order valence-corrected chi connectivity index (χ1v) is 7.09. The Balaban J connectivity index is 2.22. The zero-order chi connectivity index (χ0) is 13.1. The SMILES string of the molecule is Cc1ccc(N2CC(C)CNCC(C)C2)c(C)c1. The van der Waals surface area contributed by atoms with Crippen LogP contribution < -0.4 is 10.2 Å². The monoisotopic (exact) mass is 246 g/mol. The van der Waals surface area contributed by atoms with Gasteiger partial charge in [-0.25, -0.2) is 0 Å². The Kier molecular flexibility index (Phi) is 4.28. The molecule has 2 rings (SSSR count). The van der Waals surface area contributed by atoms with Crippen molar-refractivity contribution in [3.63, 3.8) is 0 Å². The molecule has 1 aliphatic heterocycles. The number of hydrogen-bond acceptors (Lipinski definition) is 2. The lowest BCUT2D eigenvalue weighted by atomic mass is 10.0. The highest BCUT2D eigenvalue weighted by molar-refractivity contribution is 5.54. The summed E-state index contributed by atoms with van der Waals surface area (Å²) in [5.41, 5.74) is 4.18. The van der Waals surface area contributed by atoms with Gasteiger partial charge in [-0.15, -0.1) is 0 Å². The van der Waals surface area contributed by atoms with Gasteiger partial charge in [0.05, 0.1) is 0 Å². The Morgan fingerprint density at radius 2 is 1.67 bits per heavy atom. The fraction of sp³-hybridized carbons (Fsp3) is 0.625. The molecule has 1 fully saturated rings. The lowest BCUT2D eigenvalue weighted by Crippen LogP contribution is -2.42. The second kappa shape index (κ2) is 5.75. The Morgan fingerprint density at radius 1 is 1.06 bits per heavy atom. The van der Waals surface area contributed by atoms with Gasteiger partial charge in [0.1, 0.15) is 0 Å². The first kappa shape index (κ1) is 13.4. The van der Waals surface area contributed by atoms with Gasteiger partial charge < -0.3 is 10.2 Å². The molecule has 0 aliphatic carbocycles. The molecule has 0 amide bonds. The van der Waals surface area contributed by atoms with E-state index in [1.165, 1.54) is 16.8 Å². The van der Waals surface area contributed by atoms with Crippen LogP contribution in [0.25, 0.3) is 0 Å². The molecule has 2 heteroatoms. The zero-order valence-electron chi connectivity index (χ0n) is 12.2. The predicted octanol–water partition coefficient (Wildman–Crippen LogP) is 2.99. The minimum atomic E-state index is 0.707. The van der Waals surface area contributed by atoms with Crippen molar-refractivity contribution in [3.05, 3.63) is 29.3 Å². The summed E-state index contributed by atoms with van der Waals surface area (Å²) in [4.78, 5) is 2.57. The maximum Gasteiger partial charge on any atom is 0.0396 e. The van der Waals surface area contributed by atoms with Crippen molar-refractivity contribution < 1.29 is 0 Å². The molecule has 0 bridgehead atoms. The molecule has 1 aromatic carbocycles. The largest absolute Gasteiger partial charge is 0.371 e. The molecule has 1 saturated heterocycles. The lowest BCUT2D eigenvalue weighted by molar-refractivity contribution is 0.410. The molecule has 2 nitrogen and oxygen atoms in total. The van der Waals surface area contributed by atoms with E-state index >= 15 is 0 Å². The molecular formula is C16H26N2. The normalized spacial score (nSPS) is 25.7. The van der Waals surface area contributed by atoms with Crippen LogP contribution in [0.3, 0.4) is 0 Å². The van der Waals surface area contributed by atoms with Crippen LogP contribution >= 0.6 is 0 Å². The molecule has 1 heterocycles. The van der Waals surface area contributed by atoms with Crippen LogP contribution in [0.5, 0.6) is 0 Å². The summed E-state index contributed by atoms with van der Waals surface area (Å²) in [5, 5.41) is 3.56. The zero-order valence-corrected chi connectivity index (χ0v) is 12.2. The van der Waals surface area contributed by atoms with Crippen LogP contribution in [-0.4, -0.2) is 26.2 Å². The van der Waals surface area contributed by atoms with E-state index in [0.29, 0.717) is 11.8 Å². The van der Waals surface area contributed by atoms with Crippen molar-refractivity contribution >= 4 is 5.69 Å². The number of benzene rings is 1. The van der Waals surface area contributed by atoms with Crippen LogP contribution in [0.2, 0.25) is 0 Å². The number of anilines is 1. The van der Waals surface area contributed by atoms with E-state index in [9.17, 15) is 0 Å². The van der Waals surface area contributed by atoms with Gasteiger partial charge >= 0.3 is 0 Å². The van der Waals surface area contributed by atoms with Gasteiger partial charge in [0.25, 0.3) is 0 Å². The number of aryl methyl sites for hydroxylation is 2. The summed E-state index contributed by atoms with van der Waals surface area (Å²) in [6.45, 7) is 13.6. The van der Waals surface area contributed by atoms with Crippen molar-refractivity contribution in [2.75, 3.05) is 31.1 Å². The lowest BCUT2D eigenvalue weighted by Gasteiger charge is -2.34. The molecule has 0 saturated carbocycles. The Morgan fingerprint density at radius 3 is 2.22 bits per heavy atom. The van der Waals surface area contributed by atoms with Gasteiger partial charge in [-0.2, -0.15) is 0 Å². The average molecular weight is 246 g/mol. The van der Waals surface area contributed by atoms with Gasteiger partial charge in [-0.3, -0.25) is 0 Å². The molecule has 2 unspecified atom stereocenters. The van der Waals surface area contributed by atoms with Crippen LogP contribution in [-0.2, 0) is 0 Å². The summed E-state index contributed by atoms with van der Waals surface area (Å²) in [7, 11) is 0. The molecular weight excluding hydrogens is 220 g/mol. The first-order valence-electron chi connectivity index (χ1n) is 7.09. The second-order valence-electron chi connectivity index (χ2n) is 6.06. The van der Waals surface area contributed by atoms with Gasteiger partial charge in [0.15, 0.2) is 0 Å². The molecule has 0 aromatic heterocycles. The summed E-state index contributed by atoms with van der Waals surface area (Å²) >= 11 is 0. The molecule has 1 N–H and O–H groups in total. The van der Waals surface area contributed by atoms with Gasteiger partial charge in [0, 0.05) is 18.8 Å². The standard InChI is InChI=1S/C16H26N2/c1-12-5-6-16(15(4)7-12)18-10-13(2)8-17-9-14(3)11-18/h5-7,13-14,17H,8-11H2,1-4H3. The van der Waals surface area contributed by atoms with Crippen molar-refractivity contribution in [2.45, 2.75) is 27.7 Å². The first-order chi connectivity index (χ1) is 8.56. The van der Waals surface area contributed by atoms with E-state index in [0.717, 1.165) is 26.2 Å². The Hall–Kier alpha value is -1.02. The Labute approximate surface area is 111 Å². The molecule has 18 heavy (non-hydrogen) atoms. The third-order valence-corrected chi connectivity index (χ3v) is 3.74. The molecule has 2 atom stereocenters. The van der Waals surface area contributed by atoms with E-state index in [4.69, 9.17) is 0 Å². The van der Waals surface area contributed by atoms with Crippen LogP contribution in [0.1, 0.15) is 25.0 Å². The average Bonchev–Trinajstić information content (AvgIpc) is 2.26. The summed E-state index contributed by atoms with van der Waals surface area (Å²) in [6, 6.07) is 6.81. The third kappa shape index (κ3) is 3.26. The molecule has 1 aromatic rings. The summed E-state index contributed by atoms with van der Waals surface area (Å²) < 4.78 is 0. The minimum absolute atomic E-state index is 0.707. The highest BCUT2D eigenvalue weighted by Crippen LogP contribution is 2.23. The maximum absolute atomic E-state index is 3.56. The molecule has 0 spiro atoms. The topological polar surface area (TPSA) is 15.3 Å². The van der Waals surface area contributed by atoms with Crippen molar-refractivity contribution in [1.82, 2.24) is 5.32 Å². The number of hydrogen-bond donors (Lipinski definition) is 1. The highest BCUT2D eigenvalue weighted by atomic mass is 15.1. The van der Waals surface area contributed by atoms with Crippen LogP contribution in [0, 0.1) is 25.7 Å². The number of nitrogens with one attached hydrogen (secondary N) is 1. The fourth-order valence-corrected chi connectivity index (χ4v) is 2.89. The van der Waals surface area contributed by atoms with E-state index in [1.807, 2.05) is 0 Å². The van der Waals surface area contributed by atoms with E-state index in [2.05, 4.69) is 56.1 Å². The molecule has 100 valence electrons. The predicted molar refractivity (Wildman–Crippen MR) is 79.3 cm³/mol. The van der Waals surface area contributed by atoms with Gasteiger partial charge in [0.2, 0.25) is 0 Å². The van der Waals surface area contributed by atoms with E-state index in [-0.39, 0.29) is 0 Å². The number of rotatable bonds is 1. The molecule has 0 radical (unpaired) electrons. The van der Waals surface area contributed by atoms with Crippen LogP contribution in [0.15, 0.2) is 18.2 Å². The maximum atomic E-state index is 3.56. The number of nitrogens with zero attached hydrogens (tertiary/aromatic N) is 1. The minimum Gasteiger partial charge on any atom is -0.371 e. The van der Waals surface area contributed by atoms with E-state index in [1.54, 1.807) is 0 Å². The summed E-state index contributed by atoms with van der Waals surface area (Å²) in [6.07, 6.45) is 0. The van der Waals surface area contributed by atoms with Gasteiger partial charge in [-0.1, -0.05) is 31.5 Å². The molecule has 1 aliphatic rings. The van der Waals surface area contributed by atoms with E-state index < -0.39 is 0 Å².